The van der Waals surface area contributed by atoms with Crippen LogP contribution in [-0.4, -0.2) is 47.2 Å². The van der Waals surface area contributed by atoms with Gasteiger partial charge < -0.3 is 5.32 Å². The van der Waals surface area contributed by atoms with E-state index in [4.69, 9.17) is 0 Å². The number of nitrogens with one attached hydrogen (secondary N) is 2. The van der Waals surface area contributed by atoms with Crippen LogP contribution in [0.1, 0.15) is 23.3 Å². The molecule has 1 aliphatic heterocycles. The van der Waals surface area contributed by atoms with Crippen molar-refractivity contribution in [2.75, 3.05) is 25.5 Å². The summed E-state index contributed by atoms with van der Waals surface area (Å²) >= 11 is 1.21. The molecule has 1 aromatic carbocycles. The number of sulfonamides is 2. The summed E-state index contributed by atoms with van der Waals surface area (Å²) in [5.74, 6) is -0.839. The Morgan fingerprint density at radius 2 is 1.87 bits per heavy atom. The fourth-order valence-electron chi connectivity index (χ4n) is 3.37. The van der Waals surface area contributed by atoms with Crippen LogP contribution in [0, 0.1) is 19.8 Å². The lowest BCUT2D eigenvalue weighted by atomic mass is 9.98. The van der Waals surface area contributed by atoms with Crippen molar-refractivity contribution in [2.45, 2.75) is 35.8 Å². The summed E-state index contributed by atoms with van der Waals surface area (Å²) in [6.45, 7) is 3.99. The van der Waals surface area contributed by atoms with Gasteiger partial charge in [0.15, 0.2) is 0 Å². The number of aryl methyl sites for hydroxylation is 2. The lowest BCUT2D eigenvalue weighted by Crippen LogP contribution is -2.43. The van der Waals surface area contributed by atoms with Crippen molar-refractivity contribution in [3.05, 3.63) is 40.8 Å². The average Bonchev–Trinajstić information content (AvgIpc) is 3.16. The number of carbonyl (C=O) groups excluding carboxylic acids is 1. The summed E-state index contributed by atoms with van der Waals surface area (Å²) in [5.41, 5.74) is 0.914. The Labute approximate surface area is 181 Å². The molecule has 0 unspecified atom stereocenters. The van der Waals surface area contributed by atoms with Crippen molar-refractivity contribution in [3.63, 3.8) is 0 Å². The van der Waals surface area contributed by atoms with Gasteiger partial charge >= 0.3 is 0 Å². The van der Waals surface area contributed by atoms with Gasteiger partial charge in [-0.15, -0.1) is 11.3 Å². The van der Waals surface area contributed by atoms with Crippen molar-refractivity contribution in [3.8, 4) is 0 Å². The molecule has 164 valence electrons. The van der Waals surface area contributed by atoms with Crippen LogP contribution in [-0.2, 0) is 24.8 Å². The minimum Gasteiger partial charge on any atom is -0.326 e. The number of carbonyl (C=O) groups is 1. The Hall–Kier alpha value is -1.79. The van der Waals surface area contributed by atoms with Gasteiger partial charge in [0.2, 0.25) is 15.9 Å². The highest BCUT2D eigenvalue weighted by Crippen LogP contribution is 2.29. The van der Waals surface area contributed by atoms with Gasteiger partial charge in [0.1, 0.15) is 4.21 Å². The van der Waals surface area contributed by atoms with Gasteiger partial charge in [-0.3, -0.25) is 4.79 Å². The number of anilines is 1. The van der Waals surface area contributed by atoms with Gasteiger partial charge in [0.25, 0.3) is 10.0 Å². The molecule has 0 bridgehead atoms. The Bertz CT molecular complexity index is 1160. The van der Waals surface area contributed by atoms with E-state index in [-0.39, 0.29) is 21.6 Å². The van der Waals surface area contributed by atoms with E-state index >= 15 is 0 Å². The molecule has 0 spiro atoms. The lowest BCUT2D eigenvalue weighted by molar-refractivity contribution is -0.120. The highest BCUT2D eigenvalue weighted by molar-refractivity contribution is 7.91. The molecular formula is C19H25N3O5S3. The number of thiophene rings is 1. The standard InChI is InChI=1S/C19H25N3O5S3/c1-13-6-8-16(11-17(13)29(24,25)20-3)21-19(23)15-5-4-10-22(12-15)30(26,27)18-9-7-14(2)28-18/h6-9,11,15,20H,4-5,10,12H2,1-3H3,(H,21,23)/t15-/m1/s1. The number of amides is 1. The first kappa shape index (κ1) is 22.9. The normalized spacial score (nSPS) is 18.3. The second-order valence-corrected chi connectivity index (χ2v) is 12.6. The van der Waals surface area contributed by atoms with E-state index in [0.29, 0.717) is 30.6 Å². The highest BCUT2D eigenvalue weighted by Gasteiger charge is 2.34. The van der Waals surface area contributed by atoms with Crippen molar-refractivity contribution < 1.29 is 21.6 Å². The van der Waals surface area contributed by atoms with E-state index in [9.17, 15) is 21.6 Å². The third kappa shape index (κ3) is 4.75. The van der Waals surface area contributed by atoms with E-state index in [0.717, 1.165) is 4.88 Å². The number of piperidine rings is 1. The number of hydrogen-bond donors (Lipinski definition) is 2. The smallest absolute Gasteiger partial charge is 0.252 e. The van der Waals surface area contributed by atoms with Crippen molar-refractivity contribution in [1.29, 1.82) is 0 Å². The number of benzene rings is 1. The molecule has 30 heavy (non-hydrogen) atoms. The maximum atomic E-state index is 12.9. The van der Waals surface area contributed by atoms with Crippen molar-refractivity contribution in [2.24, 2.45) is 5.92 Å². The van der Waals surface area contributed by atoms with Gasteiger partial charge in [0, 0.05) is 23.7 Å². The zero-order valence-corrected chi connectivity index (χ0v) is 19.5. The maximum absolute atomic E-state index is 12.9. The minimum atomic E-state index is -3.66. The first-order valence-electron chi connectivity index (χ1n) is 9.46. The number of nitrogens with zero attached hydrogens (tertiary/aromatic N) is 1. The molecule has 1 atom stereocenters. The Balaban J connectivity index is 1.76. The topological polar surface area (TPSA) is 113 Å². The van der Waals surface area contributed by atoms with Crippen LogP contribution >= 0.6 is 11.3 Å². The van der Waals surface area contributed by atoms with Gasteiger partial charge in [-0.25, -0.2) is 21.6 Å². The molecule has 0 radical (unpaired) electrons. The number of rotatable bonds is 6. The van der Waals surface area contributed by atoms with Crippen LogP contribution in [0.4, 0.5) is 5.69 Å². The van der Waals surface area contributed by atoms with E-state index in [1.807, 2.05) is 6.92 Å². The van der Waals surface area contributed by atoms with Crippen LogP contribution in [0.5, 0.6) is 0 Å². The average molecular weight is 472 g/mol. The van der Waals surface area contributed by atoms with E-state index in [1.165, 1.54) is 28.8 Å². The summed E-state index contributed by atoms with van der Waals surface area (Å²) < 4.78 is 54.0. The molecule has 1 aliphatic rings. The van der Waals surface area contributed by atoms with Crippen LogP contribution in [0.2, 0.25) is 0 Å². The first-order chi connectivity index (χ1) is 14.0. The van der Waals surface area contributed by atoms with Crippen LogP contribution in [0.15, 0.2) is 39.4 Å². The van der Waals surface area contributed by atoms with Crippen molar-refractivity contribution in [1.82, 2.24) is 9.03 Å². The molecule has 8 nitrogen and oxygen atoms in total. The fraction of sp³-hybridized carbons (Fsp3) is 0.421. The van der Waals surface area contributed by atoms with Crippen molar-refractivity contribution >= 4 is 43.0 Å². The number of hydrogen-bond acceptors (Lipinski definition) is 6. The quantitative estimate of drug-likeness (QED) is 0.671. The molecule has 1 saturated heterocycles. The second kappa shape index (κ2) is 8.75. The third-order valence-electron chi connectivity index (χ3n) is 5.08. The Morgan fingerprint density at radius 1 is 1.13 bits per heavy atom. The third-order valence-corrected chi connectivity index (χ3v) is 9.97. The molecule has 3 rings (SSSR count). The summed E-state index contributed by atoms with van der Waals surface area (Å²) in [7, 11) is -5.96. The zero-order valence-electron chi connectivity index (χ0n) is 17.0. The molecule has 2 heterocycles. The Kier molecular flexibility index (Phi) is 6.68. The van der Waals surface area contributed by atoms with Crippen LogP contribution < -0.4 is 10.0 Å². The van der Waals surface area contributed by atoms with Crippen LogP contribution in [0.25, 0.3) is 0 Å². The first-order valence-corrected chi connectivity index (χ1v) is 13.2. The molecular weight excluding hydrogens is 446 g/mol. The predicted octanol–water partition coefficient (Wildman–Crippen LogP) is 2.31. The molecule has 1 amide bonds. The second-order valence-electron chi connectivity index (χ2n) is 7.24. The molecule has 2 N–H and O–H groups in total. The molecule has 2 aromatic rings. The monoisotopic (exact) mass is 471 g/mol. The molecule has 1 fully saturated rings. The predicted molar refractivity (Wildman–Crippen MR) is 117 cm³/mol. The van der Waals surface area contributed by atoms with E-state index < -0.39 is 26.0 Å². The zero-order chi connectivity index (χ0) is 22.1. The largest absolute Gasteiger partial charge is 0.326 e. The van der Waals surface area contributed by atoms with E-state index in [2.05, 4.69) is 10.0 Å². The summed E-state index contributed by atoms with van der Waals surface area (Å²) in [5, 5.41) is 2.74. The summed E-state index contributed by atoms with van der Waals surface area (Å²) in [4.78, 5) is 13.8. The fourth-order valence-corrected chi connectivity index (χ4v) is 7.33. The molecule has 0 saturated carbocycles. The molecule has 0 aliphatic carbocycles. The van der Waals surface area contributed by atoms with Gasteiger partial charge in [0.05, 0.1) is 10.8 Å². The Morgan fingerprint density at radius 3 is 2.50 bits per heavy atom. The maximum Gasteiger partial charge on any atom is 0.252 e. The summed E-state index contributed by atoms with van der Waals surface area (Å²) in [6.07, 6.45) is 1.14. The molecule has 11 heteroatoms. The van der Waals surface area contributed by atoms with Gasteiger partial charge in [-0.1, -0.05) is 6.07 Å². The minimum absolute atomic E-state index is 0.0868. The lowest BCUT2D eigenvalue weighted by Gasteiger charge is -2.30. The van der Waals surface area contributed by atoms with Gasteiger partial charge in [-0.05, 0) is 63.6 Å². The van der Waals surface area contributed by atoms with Crippen LogP contribution in [0.3, 0.4) is 0 Å². The SMILES string of the molecule is CNS(=O)(=O)c1cc(NC(=O)[C@@H]2CCCN(S(=O)(=O)c3ccc(C)s3)C2)ccc1C. The van der Waals surface area contributed by atoms with Gasteiger partial charge in [-0.2, -0.15) is 4.31 Å². The molecule has 1 aromatic heterocycles. The summed E-state index contributed by atoms with van der Waals surface area (Å²) in [6, 6.07) is 8.02. The highest BCUT2D eigenvalue weighted by atomic mass is 32.2. The van der Waals surface area contributed by atoms with E-state index in [1.54, 1.807) is 31.2 Å².